The third kappa shape index (κ3) is 6.60. The molecule has 1 aromatic heterocycles. The predicted molar refractivity (Wildman–Crippen MR) is 94.5 cm³/mol. The summed E-state index contributed by atoms with van der Waals surface area (Å²) in [4.78, 5) is 12.9. The lowest BCUT2D eigenvalue weighted by molar-refractivity contribution is 0.849. The highest BCUT2D eigenvalue weighted by molar-refractivity contribution is 7.98. The second-order valence-electron chi connectivity index (χ2n) is 4.12. The molecule has 0 aliphatic heterocycles. The number of nitrogens with one attached hydrogen (secondary N) is 1. The first-order chi connectivity index (χ1) is 10.7. The summed E-state index contributed by atoms with van der Waals surface area (Å²) in [5.41, 5.74) is 6.62. The van der Waals surface area contributed by atoms with Crippen LogP contribution in [0.4, 0.5) is 5.95 Å². The van der Waals surface area contributed by atoms with Crippen molar-refractivity contribution in [3.63, 3.8) is 0 Å². The fraction of sp³-hybridized carbons (Fsp3) is 0.400. The number of hydrogen-bond acceptors (Lipinski definition) is 6. The molecule has 0 unspecified atom stereocenters. The summed E-state index contributed by atoms with van der Waals surface area (Å²) < 4.78 is 0. The summed E-state index contributed by atoms with van der Waals surface area (Å²) in [5.74, 6) is 2.05. The molecule has 2 aromatic rings. The van der Waals surface area contributed by atoms with Crippen LogP contribution in [0.3, 0.4) is 0 Å². The van der Waals surface area contributed by atoms with Gasteiger partial charge >= 0.3 is 0 Å². The molecule has 0 aliphatic carbocycles. The summed E-state index contributed by atoms with van der Waals surface area (Å²) in [7, 11) is 0. The molecule has 0 atom stereocenters. The van der Waals surface area contributed by atoms with Crippen LogP contribution in [0.25, 0.3) is 0 Å². The second-order valence-corrected chi connectivity index (χ2v) is 5.50. The number of anilines is 1. The first-order valence-electron chi connectivity index (χ1n) is 7.21. The monoisotopic (exact) mass is 339 g/mol. The number of aromatic nitrogens is 3. The van der Waals surface area contributed by atoms with Gasteiger partial charge in [-0.3, -0.25) is 0 Å². The van der Waals surface area contributed by atoms with Crippen LogP contribution in [0.15, 0.2) is 29.4 Å². The molecule has 0 fully saturated rings. The summed E-state index contributed by atoms with van der Waals surface area (Å²) in [6.07, 6.45) is 0. The van der Waals surface area contributed by atoms with Crippen molar-refractivity contribution in [1.29, 1.82) is 0 Å². The predicted octanol–water partition coefficient (Wildman–Crippen LogP) is 3.52. The van der Waals surface area contributed by atoms with Crippen molar-refractivity contribution in [3.05, 3.63) is 40.7 Å². The van der Waals surface area contributed by atoms with Crippen LogP contribution in [0.2, 0.25) is 5.02 Å². The van der Waals surface area contributed by atoms with E-state index < -0.39 is 0 Å². The smallest absolute Gasteiger partial charge is 0.226 e. The quantitative estimate of drug-likeness (QED) is 0.784. The Morgan fingerprint density at radius 2 is 1.82 bits per heavy atom. The van der Waals surface area contributed by atoms with Crippen LogP contribution in [-0.2, 0) is 5.75 Å². The Bertz CT molecular complexity index is 562. The molecule has 7 heteroatoms. The van der Waals surface area contributed by atoms with E-state index in [2.05, 4.69) is 20.3 Å². The van der Waals surface area contributed by atoms with Gasteiger partial charge in [-0.1, -0.05) is 49.3 Å². The lowest BCUT2D eigenvalue weighted by atomic mass is 10.2. The zero-order chi connectivity index (χ0) is 16.4. The lowest BCUT2D eigenvalue weighted by Crippen LogP contribution is -2.15. The van der Waals surface area contributed by atoms with E-state index in [4.69, 9.17) is 17.3 Å². The molecule has 120 valence electrons. The first kappa shape index (κ1) is 18.7. The molecular weight excluding hydrogens is 318 g/mol. The van der Waals surface area contributed by atoms with Crippen LogP contribution >= 0.6 is 23.4 Å². The molecule has 3 N–H and O–H groups in total. The molecule has 0 amide bonds. The SMILES string of the molecule is CC.Cc1nc(NCCN)nc(SCc2ccc(Cl)cc2)n1. The molecule has 0 saturated carbocycles. The van der Waals surface area contributed by atoms with Gasteiger partial charge in [0.1, 0.15) is 5.82 Å². The van der Waals surface area contributed by atoms with Crippen molar-refractivity contribution < 1.29 is 0 Å². The average Bonchev–Trinajstić information content (AvgIpc) is 2.54. The van der Waals surface area contributed by atoms with E-state index in [-0.39, 0.29) is 0 Å². The molecule has 0 bridgehead atoms. The minimum atomic E-state index is 0.540. The van der Waals surface area contributed by atoms with Gasteiger partial charge in [0.2, 0.25) is 5.95 Å². The number of hydrogen-bond donors (Lipinski definition) is 2. The summed E-state index contributed by atoms with van der Waals surface area (Å²) in [6, 6.07) is 7.75. The van der Waals surface area contributed by atoms with Gasteiger partial charge in [0.25, 0.3) is 0 Å². The van der Waals surface area contributed by atoms with Gasteiger partial charge in [-0.25, -0.2) is 4.98 Å². The van der Waals surface area contributed by atoms with Crippen LogP contribution in [-0.4, -0.2) is 28.0 Å². The number of benzene rings is 1. The Morgan fingerprint density at radius 3 is 2.45 bits per heavy atom. The number of nitrogens with two attached hydrogens (primary N) is 1. The molecule has 0 saturated heterocycles. The maximum Gasteiger partial charge on any atom is 0.226 e. The van der Waals surface area contributed by atoms with Gasteiger partial charge in [-0.15, -0.1) is 0 Å². The normalized spacial score (nSPS) is 9.86. The van der Waals surface area contributed by atoms with Crippen LogP contribution < -0.4 is 11.1 Å². The fourth-order valence-corrected chi connectivity index (χ4v) is 2.48. The fourth-order valence-electron chi connectivity index (χ4n) is 1.51. The summed E-state index contributed by atoms with van der Waals surface area (Å²) >= 11 is 7.43. The van der Waals surface area contributed by atoms with Crippen molar-refractivity contribution in [1.82, 2.24) is 15.0 Å². The standard InChI is InChI=1S/C13H16ClN5S.C2H6/c1-9-17-12(16-7-6-15)19-13(18-9)20-8-10-2-4-11(14)5-3-10;1-2/h2-5H,6-8,15H2,1H3,(H,16,17,18,19);1-2H3. The third-order valence-corrected chi connectivity index (χ3v) is 3.61. The molecule has 1 heterocycles. The van der Waals surface area contributed by atoms with E-state index in [0.717, 1.165) is 10.8 Å². The average molecular weight is 340 g/mol. The highest BCUT2D eigenvalue weighted by atomic mass is 35.5. The highest BCUT2D eigenvalue weighted by Crippen LogP contribution is 2.21. The van der Waals surface area contributed by atoms with Gasteiger partial charge in [-0.05, 0) is 24.6 Å². The van der Waals surface area contributed by atoms with E-state index in [9.17, 15) is 0 Å². The maximum atomic E-state index is 5.86. The highest BCUT2D eigenvalue weighted by Gasteiger charge is 2.04. The van der Waals surface area contributed by atoms with Crippen molar-refractivity contribution in [2.24, 2.45) is 5.73 Å². The minimum absolute atomic E-state index is 0.540. The molecule has 22 heavy (non-hydrogen) atoms. The van der Waals surface area contributed by atoms with Crippen LogP contribution in [0.5, 0.6) is 0 Å². The van der Waals surface area contributed by atoms with E-state index in [1.165, 1.54) is 5.56 Å². The molecule has 0 spiro atoms. The van der Waals surface area contributed by atoms with Crippen molar-refractivity contribution >= 4 is 29.3 Å². The Hall–Kier alpha value is -1.37. The van der Waals surface area contributed by atoms with Crippen molar-refractivity contribution in [2.45, 2.75) is 31.7 Å². The zero-order valence-electron chi connectivity index (χ0n) is 13.1. The molecule has 0 aliphatic rings. The van der Waals surface area contributed by atoms with E-state index >= 15 is 0 Å². The van der Waals surface area contributed by atoms with Gasteiger partial charge in [0, 0.05) is 23.9 Å². The Balaban J connectivity index is 0.00000116. The zero-order valence-corrected chi connectivity index (χ0v) is 14.7. The summed E-state index contributed by atoms with van der Waals surface area (Å²) in [6.45, 7) is 7.03. The van der Waals surface area contributed by atoms with E-state index in [0.29, 0.717) is 30.0 Å². The molecule has 2 rings (SSSR count). The van der Waals surface area contributed by atoms with Gasteiger partial charge in [0.05, 0.1) is 0 Å². The molecule has 0 radical (unpaired) electrons. The van der Waals surface area contributed by atoms with E-state index in [1.54, 1.807) is 11.8 Å². The maximum absolute atomic E-state index is 5.86. The minimum Gasteiger partial charge on any atom is -0.353 e. The lowest BCUT2D eigenvalue weighted by Gasteiger charge is -2.06. The number of thioether (sulfide) groups is 1. The van der Waals surface area contributed by atoms with Gasteiger partial charge in [0.15, 0.2) is 5.16 Å². The Kier molecular flexibility index (Phi) is 8.81. The molecule has 5 nitrogen and oxygen atoms in total. The number of aryl methyl sites for hydroxylation is 1. The topological polar surface area (TPSA) is 76.7 Å². The number of rotatable bonds is 6. The van der Waals surface area contributed by atoms with Gasteiger partial charge < -0.3 is 11.1 Å². The van der Waals surface area contributed by atoms with Crippen molar-refractivity contribution in [3.8, 4) is 0 Å². The molecule has 1 aromatic carbocycles. The number of halogens is 1. The summed E-state index contributed by atoms with van der Waals surface area (Å²) in [5, 5.41) is 4.50. The number of nitrogens with zero attached hydrogens (tertiary/aromatic N) is 3. The Labute approximate surface area is 141 Å². The Morgan fingerprint density at radius 1 is 1.14 bits per heavy atom. The largest absolute Gasteiger partial charge is 0.353 e. The van der Waals surface area contributed by atoms with E-state index in [1.807, 2.05) is 45.0 Å². The molecular formula is C15H22ClN5S. The van der Waals surface area contributed by atoms with Crippen LogP contribution in [0, 0.1) is 6.92 Å². The van der Waals surface area contributed by atoms with Gasteiger partial charge in [-0.2, -0.15) is 9.97 Å². The van der Waals surface area contributed by atoms with Crippen LogP contribution in [0.1, 0.15) is 25.2 Å². The first-order valence-corrected chi connectivity index (χ1v) is 8.57. The third-order valence-electron chi connectivity index (χ3n) is 2.44. The van der Waals surface area contributed by atoms with Crippen molar-refractivity contribution in [2.75, 3.05) is 18.4 Å². The second kappa shape index (κ2) is 10.4.